The lowest BCUT2D eigenvalue weighted by molar-refractivity contribution is -0.119. The van der Waals surface area contributed by atoms with Gasteiger partial charge in [0, 0.05) is 24.1 Å². The Balaban J connectivity index is 1.85. The van der Waals surface area contributed by atoms with Crippen LogP contribution >= 0.6 is 11.8 Å². The minimum atomic E-state index is 0.292. The van der Waals surface area contributed by atoms with E-state index in [2.05, 4.69) is 11.1 Å². The number of pyridine rings is 1. The lowest BCUT2D eigenvalue weighted by Crippen LogP contribution is -2.11. The van der Waals surface area contributed by atoms with Crippen molar-refractivity contribution in [2.24, 2.45) is 5.92 Å². The van der Waals surface area contributed by atoms with Gasteiger partial charge in [0.25, 0.3) is 0 Å². The number of aryl methyl sites for hydroxylation is 1. The van der Waals surface area contributed by atoms with Crippen LogP contribution in [-0.4, -0.2) is 22.3 Å². The second-order valence-electron chi connectivity index (χ2n) is 3.58. The first-order valence-corrected chi connectivity index (χ1v) is 6.01. The van der Waals surface area contributed by atoms with Crippen LogP contribution in [0.5, 0.6) is 0 Å². The summed E-state index contributed by atoms with van der Waals surface area (Å²) in [4.78, 5) is 15.4. The zero-order chi connectivity index (χ0) is 9.80. The van der Waals surface area contributed by atoms with Gasteiger partial charge in [0.2, 0.25) is 0 Å². The molecule has 74 valence electrons. The minimum absolute atomic E-state index is 0.292. The smallest absolute Gasteiger partial charge is 0.146 e. The molecule has 0 bridgehead atoms. The van der Waals surface area contributed by atoms with Crippen molar-refractivity contribution < 1.29 is 4.79 Å². The third-order valence-corrected chi connectivity index (χ3v) is 3.65. The summed E-state index contributed by atoms with van der Waals surface area (Å²) in [7, 11) is 0. The summed E-state index contributed by atoms with van der Waals surface area (Å²) >= 11 is 1.76. The van der Waals surface area contributed by atoms with Gasteiger partial charge in [0.1, 0.15) is 5.78 Å². The predicted molar refractivity (Wildman–Crippen MR) is 58.4 cm³/mol. The van der Waals surface area contributed by atoms with E-state index in [1.54, 1.807) is 18.0 Å². The molecule has 1 aromatic rings. The summed E-state index contributed by atoms with van der Waals surface area (Å²) in [6, 6.07) is 4.01. The molecule has 1 aliphatic rings. The maximum absolute atomic E-state index is 11.4. The molecule has 0 radical (unpaired) electrons. The molecule has 1 fully saturated rings. The Labute approximate surface area is 88.1 Å². The number of carbonyl (C=O) groups excluding carboxylic acids is 1. The zero-order valence-electron chi connectivity index (χ0n) is 7.98. The molecule has 0 spiro atoms. The van der Waals surface area contributed by atoms with E-state index in [1.807, 2.05) is 12.3 Å². The summed E-state index contributed by atoms with van der Waals surface area (Å²) < 4.78 is 0. The number of hydrogen-bond acceptors (Lipinski definition) is 3. The van der Waals surface area contributed by atoms with Gasteiger partial charge in [-0.25, -0.2) is 0 Å². The minimum Gasteiger partial charge on any atom is -0.298 e. The van der Waals surface area contributed by atoms with Crippen LogP contribution in [0, 0.1) is 5.92 Å². The highest BCUT2D eigenvalue weighted by atomic mass is 32.2. The molecular weight excluding hydrogens is 194 g/mol. The molecule has 0 saturated carbocycles. The lowest BCUT2D eigenvalue weighted by Gasteiger charge is -2.05. The monoisotopic (exact) mass is 207 g/mol. The molecular formula is C11H13NOS. The van der Waals surface area contributed by atoms with Gasteiger partial charge in [-0.3, -0.25) is 9.78 Å². The fourth-order valence-electron chi connectivity index (χ4n) is 1.64. The van der Waals surface area contributed by atoms with Crippen molar-refractivity contribution in [3.8, 4) is 0 Å². The van der Waals surface area contributed by atoms with E-state index in [4.69, 9.17) is 0 Å². The van der Waals surface area contributed by atoms with E-state index < -0.39 is 0 Å². The van der Waals surface area contributed by atoms with Crippen LogP contribution < -0.4 is 0 Å². The molecule has 0 aromatic carbocycles. The number of ketones is 1. The largest absolute Gasteiger partial charge is 0.298 e. The van der Waals surface area contributed by atoms with E-state index in [0.717, 1.165) is 24.3 Å². The Bertz CT molecular complexity index is 312. The van der Waals surface area contributed by atoms with Crippen LogP contribution in [0.2, 0.25) is 0 Å². The normalized spacial score (nSPS) is 21.4. The fourth-order valence-corrected chi connectivity index (χ4v) is 2.84. The molecule has 1 unspecified atom stereocenters. The number of nitrogens with zero attached hydrogens (tertiary/aromatic N) is 1. The quantitative estimate of drug-likeness (QED) is 0.758. The molecule has 1 aliphatic heterocycles. The molecule has 1 aromatic heterocycles. The highest BCUT2D eigenvalue weighted by Crippen LogP contribution is 2.24. The van der Waals surface area contributed by atoms with Crippen molar-refractivity contribution >= 4 is 17.5 Å². The third kappa shape index (κ3) is 2.35. The number of thioether (sulfide) groups is 1. The zero-order valence-corrected chi connectivity index (χ0v) is 8.80. The summed E-state index contributed by atoms with van der Waals surface area (Å²) in [5.74, 6) is 2.45. The van der Waals surface area contributed by atoms with Crippen molar-refractivity contribution in [2.75, 3.05) is 11.5 Å². The lowest BCUT2D eigenvalue weighted by atomic mass is 9.99. The molecule has 0 amide bonds. The van der Waals surface area contributed by atoms with Gasteiger partial charge in [-0.1, -0.05) is 6.07 Å². The molecule has 3 heteroatoms. The number of hydrogen-bond donors (Lipinski definition) is 0. The second-order valence-corrected chi connectivity index (χ2v) is 4.61. The van der Waals surface area contributed by atoms with Gasteiger partial charge in [0.15, 0.2) is 0 Å². The molecule has 2 heterocycles. The Morgan fingerprint density at radius 1 is 1.57 bits per heavy atom. The predicted octanol–water partition coefficient (Wildman–Crippen LogP) is 1.95. The molecule has 14 heavy (non-hydrogen) atoms. The molecule has 2 nitrogen and oxygen atoms in total. The highest BCUT2D eigenvalue weighted by molar-refractivity contribution is 8.00. The van der Waals surface area contributed by atoms with E-state index in [1.165, 1.54) is 5.56 Å². The molecule has 1 atom stereocenters. The van der Waals surface area contributed by atoms with Crippen molar-refractivity contribution in [3.05, 3.63) is 30.1 Å². The van der Waals surface area contributed by atoms with Gasteiger partial charge in [0.05, 0.1) is 5.75 Å². The number of rotatable bonds is 3. The summed E-state index contributed by atoms with van der Waals surface area (Å²) in [5.41, 5.74) is 1.23. The van der Waals surface area contributed by atoms with Gasteiger partial charge in [-0.15, -0.1) is 0 Å². The Morgan fingerprint density at radius 3 is 3.14 bits per heavy atom. The molecule has 0 aliphatic carbocycles. The van der Waals surface area contributed by atoms with Crippen molar-refractivity contribution in [3.63, 3.8) is 0 Å². The van der Waals surface area contributed by atoms with Gasteiger partial charge in [-0.2, -0.15) is 11.8 Å². The van der Waals surface area contributed by atoms with Crippen LogP contribution in [0.3, 0.4) is 0 Å². The third-order valence-electron chi connectivity index (χ3n) is 2.52. The first kappa shape index (κ1) is 9.71. The fraction of sp³-hybridized carbons (Fsp3) is 0.455. The Hall–Kier alpha value is -0.830. The summed E-state index contributed by atoms with van der Waals surface area (Å²) in [5, 5.41) is 0. The van der Waals surface area contributed by atoms with E-state index in [0.29, 0.717) is 11.7 Å². The van der Waals surface area contributed by atoms with E-state index in [-0.39, 0.29) is 0 Å². The van der Waals surface area contributed by atoms with Crippen LogP contribution in [0.15, 0.2) is 24.5 Å². The number of aromatic nitrogens is 1. The van der Waals surface area contributed by atoms with Gasteiger partial charge in [-0.05, 0) is 24.5 Å². The van der Waals surface area contributed by atoms with Crippen molar-refractivity contribution in [1.82, 2.24) is 4.98 Å². The molecule has 0 N–H and O–H groups in total. The first-order chi connectivity index (χ1) is 6.86. The maximum atomic E-state index is 11.4. The highest BCUT2D eigenvalue weighted by Gasteiger charge is 2.24. The van der Waals surface area contributed by atoms with Gasteiger partial charge >= 0.3 is 0 Å². The summed E-state index contributed by atoms with van der Waals surface area (Å²) in [6.45, 7) is 0. The van der Waals surface area contributed by atoms with Crippen LogP contribution in [0.1, 0.15) is 12.0 Å². The number of Topliss-reactive ketones (excluding diaryl/α,β-unsaturated/α-hetero) is 1. The first-order valence-electron chi connectivity index (χ1n) is 4.85. The second kappa shape index (κ2) is 4.60. The number of carbonyl (C=O) groups is 1. The van der Waals surface area contributed by atoms with E-state index in [9.17, 15) is 4.79 Å². The average molecular weight is 207 g/mol. The van der Waals surface area contributed by atoms with E-state index >= 15 is 0 Å². The Kier molecular flexibility index (Phi) is 3.19. The SMILES string of the molecule is O=C1CSCC1CCc1cccnc1. The van der Waals surface area contributed by atoms with Crippen LogP contribution in [0.25, 0.3) is 0 Å². The standard InChI is InChI=1S/C11H13NOS/c13-11-8-14-7-10(11)4-3-9-2-1-5-12-6-9/h1-2,5-6,10H,3-4,7-8H2. The molecule has 2 rings (SSSR count). The van der Waals surface area contributed by atoms with Gasteiger partial charge < -0.3 is 0 Å². The van der Waals surface area contributed by atoms with Crippen LogP contribution in [0.4, 0.5) is 0 Å². The topological polar surface area (TPSA) is 30.0 Å². The van der Waals surface area contributed by atoms with Crippen LogP contribution in [-0.2, 0) is 11.2 Å². The molecule has 1 saturated heterocycles. The van der Waals surface area contributed by atoms with Crippen molar-refractivity contribution in [1.29, 1.82) is 0 Å². The summed E-state index contributed by atoms with van der Waals surface area (Å²) in [6.07, 6.45) is 5.62. The maximum Gasteiger partial charge on any atom is 0.146 e. The van der Waals surface area contributed by atoms with Crippen molar-refractivity contribution in [2.45, 2.75) is 12.8 Å². The average Bonchev–Trinajstić information content (AvgIpc) is 2.63. The Morgan fingerprint density at radius 2 is 2.50 bits per heavy atom.